The summed E-state index contributed by atoms with van der Waals surface area (Å²) in [5, 5.41) is 2.67. The van der Waals surface area contributed by atoms with E-state index in [4.69, 9.17) is 0 Å². The Morgan fingerprint density at radius 2 is 2.05 bits per heavy atom. The molecule has 1 aromatic heterocycles. The first kappa shape index (κ1) is 14.0. The molecular formula is C12H16N4O4. The number of aromatic nitrogens is 2. The zero-order valence-corrected chi connectivity index (χ0v) is 11.2. The predicted molar refractivity (Wildman–Crippen MR) is 70.1 cm³/mol. The minimum absolute atomic E-state index is 0.0837. The maximum atomic E-state index is 12.1. The predicted octanol–water partition coefficient (Wildman–Crippen LogP) is -2.10. The van der Waals surface area contributed by atoms with Crippen molar-refractivity contribution in [2.75, 3.05) is 19.6 Å². The molecule has 2 heterocycles. The molecule has 1 aliphatic heterocycles. The highest BCUT2D eigenvalue weighted by molar-refractivity contribution is 5.80. The highest BCUT2D eigenvalue weighted by Gasteiger charge is 2.19. The van der Waals surface area contributed by atoms with Crippen molar-refractivity contribution < 1.29 is 9.59 Å². The van der Waals surface area contributed by atoms with Gasteiger partial charge in [0.25, 0.3) is 5.56 Å². The average Bonchev–Trinajstić information content (AvgIpc) is 2.64. The van der Waals surface area contributed by atoms with Crippen molar-refractivity contribution in [1.82, 2.24) is 19.4 Å². The van der Waals surface area contributed by atoms with Gasteiger partial charge in [-0.05, 0) is 0 Å². The summed E-state index contributed by atoms with van der Waals surface area (Å²) in [6, 6.07) is 1.24. The van der Waals surface area contributed by atoms with Crippen molar-refractivity contribution >= 4 is 11.8 Å². The van der Waals surface area contributed by atoms with Gasteiger partial charge in [-0.1, -0.05) is 0 Å². The maximum Gasteiger partial charge on any atom is 0.331 e. The molecule has 1 saturated heterocycles. The minimum atomic E-state index is -0.533. The van der Waals surface area contributed by atoms with E-state index in [1.54, 1.807) is 0 Å². The highest BCUT2D eigenvalue weighted by atomic mass is 16.2. The Morgan fingerprint density at radius 1 is 1.30 bits per heavy atom. The first-order valence-electron chi connectivity index (χ1n) is 6.30. The van der Waals surface area contributed by atoms with Gasteiger partial charge in [-0.15, -0.1) is 0 Å². The molecule has 1 aromatic rings. The lowest BCUT2D eigenvalue weighted by atomic mass is 10.3. The van der Waals surface area contributed by atoms with E-state index in [0.717, 1.165) is 4.57 Å². The summed E-state index contributed by atoms with van der Waals surface area (Å²) in [4.78, 5) is 47.9. The van der Waals surface area contributed by atoms with Gasteiger partial charge in [0.05, 0.1) is 0 Å². The van der Waals surface area contributed by atoms with Crippen LogP contribution in [0.5, 0.6) is 0 Å². The summed E-state index contributed by atoms with van der Waals surface area (Å²) in [6.07, 6.45) is 1.57. The molecule has 0 bridgehead atoms. The minimum Gasteiger partial charge on any atom is -0.354 e. The van der Waals surface area contributed by atoms with Gasteiger partial charge < -0.3 is 10.2 Å². The molecule has 2 rings (SSSR count). The molecule has 0 saturated carbocycles. The zero-order chi connectivity index (χ0) is 14.7. The Bertz CT molecular complexity index is 646. The summed E-state index contributed by atoms with van der Waals surface area (Å²) < 4.78 is 2.13. The average molecular weight is 280 g/mol. The van der Waals surface area contributed by atoms with Crippen LogP contribution in [0.15, 0.2) is 21.9 Å². The zero-order valence-electron chi connectivity index (χ0n) is 11.2. The number of hydrogen-bond donors (Lipinski definition) is 1. The summed E-state index contributed by atoms with van der Waals surface area (Å²) >= 11 is 0. The molecule has 8 heteroatoms. The Hall–Kier alpha value is -2.38. The van der Waals surface area contributed by atoms with Gasteiger partial charge in [-0.2, -0.15) is 0 Å². The van der Waals surface area contributed by atoms with Crippen LogP contribution in [0.2, 0.25) is 0 Å². The van der Waals surface area contributed by atoms with Gasteiger partial charge in [0.2, 0.25) is 11.8 Å². The lowest BCUT2D eigenvalue weighted by molar-refractivity contribution is -0.131. The molecule has 20 heavy (non-hydrogen) atoms. The number of carbonyl (C=O) groups is 2. The summed E-state index contributed by atoms with van der Waals surface area (Å²) in [5.74, 6) is -0.332. The number of amides is 2. The van der Waals surface area contributed by atoms with E-state index in [2.05, 4.69) is 5.32 Å². The molecular weight excluding hydrogens is 264 g/mol. The van der Waals surface area contributed by atoms with Gasteiger partial charge in [-0.25, -0.2) is 4.79 Å². The monoisotopic (exact) mass is 280 g/mol. The fraction of sp³-hybridized carbons (Fsp3) is 0.500. The number of nitrogens with zero attached hydrogens (tertiary/aromatic N) is 3. The Kier molecular flexibility index (Phi) is 4.02. The lowest BCUT2D eigenvalue weighted by Gasteiger charge is -2.20. The smallest absolute Gasteiger partial charge is 0.331 e. The Morgan fingerprint density at radius 3 is 2.80 bits per heavy atom. The number of hydrogen-bond acceptors (Lipinski definition) is 4. The second-order valence-electron chi connectivity index (χ2n) is 4.60. The normalized spacial score (nSPS) is 15.7. The fourth-order valence-corrected chi connectivity index (χ4v) is 2.00. The van der Waals surface area contributed by atoms with Crippen molar-refractivity contribution in [3.05, 3.63) is 33.1 Å². The first-order chi connectivity index (χ1) is 9.49. The molecule has 0 unspecified atom stereocenters. The van der Waals surface area contributed by atoms with Crippen LogP contribution >= 0.6 is 0 Å². The van der Waals surface area contributed by atoms with Gasteiger partial charge in [0.15, 0.2) is 0 Å². The largest absolute Gasteiger partial charge is 0.354 e. The van der Waals surface area contributed by atoms with Gasteiger partial charge in [0, 0.05) is 45.4 Å². The van der Waals surface area contributed by atoms with Crippen molar-refractivity contribution in [3.63, 3.8) is 0 Å². The Balaban J connectivity index is 2.12. The van der Waals surface area contributed by atoms with Crippen LogP contribution in [-0.2, 0) is 23.2 Å². The van der Waals surface area contributed by atoms with E-state index in [1.807, 2.05) is 0 Å². The van der Waals surface area contributed by atoms with E-state index in [-0.39, 0.29) is 24.8 Å². The third kappa shape index (κ3) is 2.95. The number of carbonyl (C=O) groups excluding carboxylic acids is 2. The Labute approximate surface area is 114 Å². The second-order valence-corrected chi connectivity index (χ2v) is 4.60. The van der Waals surface area contributed by atoms with E-state index in [0.29, 0.717) is 19.6 Å². The third-order valence-electron chi connectivity index (χ3n) is 3.23. The van der Waals surface area contributed by atoms with E-state index in [1.165, 1.54) is 28.8 Å². The van der Waals surface area contributed by atoms with Crippen molar-refractivity contribution in [1.29, 1.82) is 0 Å². The second kappa shape index (κ2) is 5.72. The summed E-state index contributed by atoms with van der Waals surface area (Å²) in [6.45, 7) is 1.03. The SMILES string of the molecule is Cn1c(=O)ccn(CC(=O)N2CCNC(=O)CC2)c1=O. The standard InChI is InChI=1S/C12H16N4O4/c1-14-10(18)3-6-16(12(14)20)8-11(19)15-5-2-9(17)13-4-7-15/h3,6H,2,4-5,7-8H2,1H3,(H,13,17). The van der Waals surface area contributed by atoms with Gasteiger partial charge >= 0.3 is 5.69 Å². The molecule has 1 fully saturated rings. The molecule has 0 spiro atoms. The number of nitrogens with one attached hydrogen (secondary N) is 1. The molecule has 0 aliphatic carbocycles. The number of rotatable bonds is 2. The van der Waals surface area contributed by atoms with Crippen molar-refractivity contribution in [2.24, 2.45) is 7.05 Å². The van der Waals surface area contributed by atoms with Crippen molar-refractivity contribution in [2.45, 2.75) is 13.0 Å². The molecule has 8 nitrogen and oxygen atoms in total. The van der Waals surface area contributed by atoms with Crippen LogP contribution in [-0.4, -0.2) is 45.5 Å². The van der Waals surface area contributed by atoms with Crippen molar-refractivity contribution in [3.8, 4) is 0 Å². The van der Waals surface area contributed by atoms with Crippen LogP contribution in [0, 0.1) is 0 Å². The van der Waals surface area contributed by atoms with Crippen LogP contribution in [0.25, 0.3) is 0 Å². The molecule has 1 aliphatic rings. The molecule has 0 atom stereocenters. The van der Waals surface area contributed by atoms with E-state index >= 15 is 0 Å². The molecule has 2 amide bonds. The quantitative estimate of drug-likeness (QED) is 0.671. The summed E-state index contributed by atoms with van der Waals surface area (Å²) in [7, 11) is 1.36. The van der Waals surface area contributed by atoms with E-state index in [9.17, 15) is 19.2 Å². The maximum absolute atomic E-state index is 12.1. The highest BCUT2D eigenvalue weighted by Crippen LogP contribution is 1.98. The van der Waals surface area contributed by atoms with Crippen LogP contribution in [0.4, 0.5) is 0 Å². The third-order valence-corrected chi connectivity index (χ3v) is 3.23. The topological polar surface area (TPSA) is 93.4 Å². The molecule has 108 valence electrons. The first-order valence-corrected chi connectivity index (χ1v) is 6.30. The van der Waals surface area contributed by atoms with Crippen LogP contribution in [0.1, 0.15) is 6.42 Å². The van der Waals surface area contributed by atoms with Gasteiger partial charge in [-0.3, -0.25) is 23.5 Å². The lowest BCUT2D eigenvalue weighted by Crippen LogP contribution is -2.42. The van der Waals surface area contributed by atoms with Crippen LogP contribution in [0.3, 0.4) is 0 Å². The molecule has 0 aromatic carbocycles. The van der Waals surface area contributed by atoms with Gasteiger partial charge in [0.1, 0.15) is 6.54 Å². The van der Waals surface area contributed by atoms with E-state index < -0.39 is 11.2 Å². The molecule has 1 N–H and O–H groups in total. The molecule has 0 radical (unpaired) electrons. The van der Waals surface area contributed by atoms with Crippen LogP contribution < -0.4 is 16.6 Å². The summed E-state index contributed by atoms with van der Waals surface area (Å²) in [5.41, 5.74) is -0.946. The fourth-order valence-electron chi connectivity index (χ4n) is 2.00.